The van der Waals surface area contributed by atoms with Crippen molar-refractivity contribution in [3.63, 3.8) is 0 Å². The van der Waals surface area contributed by atoms with Gasteiger partial charge in [0, 0.05) is 5.56 Å². The van der Waals surface area contributed by atoms with Gasteiger partial charge >= 0.3 is 0 Å². The molecule has 27 heavy (non-hydrogen) atoms. The summed E-state index contributed by atoms with van der Waals surface area (Å²) >= 11 is 0. The third-order valence-electron chi connectivity index (χ3n) is 3.67. The number of amides is 1. The fraction of sp³-hybridized carbons (Fsp3) is 0.0476. The van der Waals surface area contributed by atoms with Gasteiger partial charge in [0.15, 0.2) is 0 Å². The molecule has 0 saturated heterocycles. The van der Waals surface area contributed by atoms with E-state index >= 15 is 0 Å². The molecule has 0 aromatic heterocycles. The molecular weight excluding hydrogens is 350 g/mol. The first-order valence-electron chi connectivity index (χ1n) is 8.16. The van der Waals surface area contributed by atoms with E-state index in [1.54, 1.807) is 36.4 Å². The van der Waals surface area contributed by atoms with Crippen LogP contribution in [0.1, 0.15) is 21.5 Å². The normalized spacial score (nSPS) is 10.7. The molecule has 0 radical (unpaired) electrons. The summed E-state index contributed by atoms with van der Waals surface area (Å²) in [5.74, 6) is -0.611. The molecule has 0 heterocycles. The standard InChI is InChI=1S/C21H16F2N2O2/c22-18-8-4-16(5-9-18)14-27-20-10-6-15(7-11-20)13-24-25-21(26)17-2-1-3-19(23)12-17/h1-13H,14H2,(H,25,26)/b24-13-. The number of ether oxygens (including phenoxy) is 1. The quantitative estimate of drug-likeness (QED) is 0.522. The number of benzene rings is 3. The van der Waals surface area contributed by atoms with Crippen molar-refractivity contribution in [3.05, 3.63) is 101 Å². The first-order chi connectivity index (χ1) is 13.1. The van der Waals surface area contributed by atoms with Gasteiger partial charge in [-0.25, -0.2) is 14.2 Å². The van der Waals surface area contributed by atoms with Crippen LogP contribution < -0.4 is 10.2 Å². The van der Waals surface area contributed by atoms with E-state index in [0.717, 1.165) is 17.2 Å². The van der Waals surface area contributed by atoms with E-state index in [2.05, 4.69) is 10.5 Å². The van der Waals surface area contributed by atoms with Gasteiger partial charge in [-0.3, -0.25) is 4.79 Å². The van der Waals surface area contributed by atoms with E-state index in [1.807, 2.05) is 0 Å². The first kappa shape index (κ1) is 18.3. The Balaban J connectivity index is 1.51. The fourth-order valence-electron chi connectivity index (χ4n) is 2.26. The number of carbonyl (C=O) groups excluding carboxylic acids is 1. The van der Waals surface area contributed by atoms with Crippen LogP contribution in [-0.4, -0.2) is 12.1 Å². The maximum Gasteiger partial charge on any atom is 0.271 e. The molecule has 1 N–H and O–H groups in total. The summed E-state index contributed by atoms with van der Waals surface area (Å²) in [5, 5.41) is 3.86. The van der Waals surface area contributed by atoms with Crippen molar-refractivity contribution in [3.8, 4) is 5.75 Å². The molecule has 4 nitrogen and oxygen atoms in total. The van der Waals surface area contributed by atoms with E-state index in [-0.39, 0.29) is 11.4 Å². The molecular formula is C21H16F2N2O2. The molecule has 0 fully saturated rings. The van der Waals surface area contributed by atoms with Crippen LogP contribution in [0.3, 0.4) is 0 Å². The number of halogens is 2. The lowest BCUT2D eigenvalue weighted by atomic mass is 10.2. The summed E-state index contributed by atoms with van der Waals surface area (Å²) in [6.07, 6.45) is 1.47. The van der Waals surface area contributed by atoms with Gasteiger partial charge < -0.3 is 4.74 Å². The summed E-state index contributed by atoms with van der Waals surface area (Å²) < 4.78 is 31.6. The van der Waals surface area contributed by atoms with Crippen molar-refractivity contribution in [1.29, 1.82) is 0 Å². The first-order valence-corrected chi connectivity index (χ1v) is 8.16. The number of hydrogen-bond donors (Lipinski definition) is 1. The Kier molecular flexibility index (Phi) is 5.89. The maximum absolute atomic E-state index is 13.1. The summed E-state index contributed by atoms with van der Waals surface area (Å²) in [4.78, 5) is 11.8. The van der Waals surface area contributed by atoms with Gasteiger partial charge in [-0.05, 0) is 65.7 Å². The van der Waals surface area contributed by atoms with E-state index in [4.69, 9.17) is 4.74 Å². The highest BCUT2D eigenvalue weighted by atomic mass is 19.1. The SMILES string of the molecule is O=C(N/N=C\c1ccc(OCc2ccc(F)cc2)cc1)c1cccc(F)c1. The molecule has 0 unspecified atom stereocenters. The number of hydrazone groups is 1. The summed E-state index contributed by atoms with van der Waals surface area (Å²) in [5.41, 5.74) is 4.15. The lowest BCUT2D eigenvalue weighted by Gasteiger charge is -2.06. The molecule has 0 aliphatic carbocycles. The van der Waals surface area contributed by atoms with Crippen LogP contribution in [0.2, 0.25) is 0 Å². The molecule has 0 aliphatic rings. The van der Waals surface area contributed by atoms with E-state index in [9.17, 15) is 13.6 Å². The zero-order valence-corrected chi connectivity index (χ0v) is 14.2. The number of rotatable bonds is 6. The van der Waals surface area contributed by atoms with Gasteiger partial charge in [0.05, 0.1) is 6.21 Å². The predicted octanol–water partition coefficient (Wildman–Crippen LogP) is 4.31. The van der Waals surface area contributed by atoms with Gasteiger partial charge in [-0.15, -0.1) is 0 Å². The number of nitrogens with zero attached hydrogens (tertiary/aromatic N) is 1. The molecule has 1 amide bonds. The van der Waals surface area contributed by atoms with Crippen LogP contribution in [0, 0.1) is 11.6 Å². The minimum atomic E-state index is -0.495. The molecule has 3 aromatic carbocycles. The van der Waals surface area contributed by atoms with Crippen molar-refractivity contribution in [2.24, 2.45) is 5.10 Å². The van der Waals surface area contributed by atoms with Gasteiger partial charge in [0.1, 0.15) is 24.0 Å². The van der Waals surface area contributed by atoms with Gasteiger partial charge in [0.2, 0.25) is 0 Å². The smallest absolute Gasteiger partial charge is 0.271 e. The van der Waals surface area contributed by atoms with Crippen molar-refractivity contribution >= 4 is 12.1 Å². The van der Waals surface area contributed by atoms with E-state index in [0.29, 0.717) is 12.4 Å². The minimum Gasteiger partial charge on any atom is -0.489 e. The molecule has 136 valence electrons. The molecule has 0 bridgehead atoms. The number of hydrogen-bond acceptors (Lipinski definition) is 3. The predicted molar refractivity (Wildman–Crippen MR) is 98.6 cm³/mol. The van der Waals surface area contributed by atoms with Crippen molar-refractivity contribution in [2.75, 3.05) is 0 Å². The van der Waals surface area contributed by atoms with Crippen LogP contribution in [0.4, 0.5) is 8.78 Å². The summed E-state index contributed by atoms with van der Waals surface area (Å²) in [6.45, 7) is 0.331. The van der Waals surface area contributed by atoms with Gasteiger partial charge in [-0.1, -0.05) is 18.2 Å². The van der Waals surface area contributed by atoms with Crippen LogP contribution in [0.25, 0.3) is 0 Å². The van der Waals surface area contributed by atoms with Crippen LogP contribution >= 0.6 is 0 Å². The molecule has 6 heteroatoms. The van der Waals surface area contributed by atoms with Gasteiger partial charge in [0.25, 0.3) is 5.91 Å². The maximum atomic E-state index is 13.1. The molecule has 3 aromatic rings. The average molecular weight is 366 g/mol. The fourth-order valence-corrected chi connectivity index (χ4v) is 2.26. The van der Waals surface area contributed by atoms with Crippen LogP contribution in [-0.2, 0) is 6.61 Å². The zero-order chi connectivity index (χ0) is 19.1. The van der Waals surface area contributed by atoms with Gasteiger partial charge in [-0.2, -0.15) is 5.10 Å². The van der Waals surface area contributed by atoms with E-state index < -0.39 is 11.7 Å². The van der Waals surface area contributed by atoms with Crippen molar-refractivity contribution in [2.45, 2.75) is 6.61 Å². The highest BCUT2D eigenvalue weighted by molar-refractivity contribution is 5.94. The Labute approximate surface area is 155 Å². The molecule has 0 spiro atoms. The number of nitrogens with one attached hydrogen (secondary N) is 1. The topological polar surface area (TPSA) is 50.7 Å². The van der Waals surface area contributed by atoms with Crippen molar-refractivity contribution in [1.82, 2.24) is 5.43 Å². The Morgan fingerprint density at radius 2 is 1.70 bits per heavy atom. The lowest BCUT2D eigenvalue weighted by Crippen LogP contribution is -2.17. The second kappa shape index (κ2) is 8.71. The molecule has 3 rings (SSSR count). The lowest BCUT2D eigenvalue weighted by molar-refractivity contribution is 0.0954. The Hall–Kier alpha value is -3.54. The summed E-state index contributed by atoms with van der Waals surface area (Å²) in [6, 6.07) is 18.5. The Morgan fingerprint density at radius 3 is 2.41 bits per heavy atom. The summed E-state index contributed by atoms with van der Waals surface area (Å²) in [7, 11) is 0. The number of carbonyl (C=O) groups is 1. The largest absolute Gasteiger partial charge is 0.489 e. The van der Waals surface area contributed by atoms with E-state index in [1.165, 1.54) is 36.5 Å². The monoisotopic (exact) mass is 366 g/mol. The Morgan fingerprint density at radius 1 is 0.963 bits per heavy atom. The van der Waals surface area contributed by atoms with Crippen molar-refractivity contribution < 1.29 is 18.3 Å². The highest BCUT2D eigenvalue weighted by Crippen LogP contribution is 2.14. The van der Waals surface area contributed by atoms with Crippen LogP contribution in [0.5, 0.6) is 5.75 Å². The molecule has 0 saturated carbocycles. The second-order valence-electron chi connectivity index (χ2n) is 5.69. The molecule has 0 atom stereocenters. The second-order valence-corrected chi connectivity index (χ2v) is 5.69. The third-order valence-corrected chi connectivity index (χ3v) is 3.67. The Bertz CT molecular complexity index is 939. The zero-order valence-electron chi connectivity index (χ0n) is 14.2. The average Bonchev–Trinajstić information content (AvgIpc) is 2.68. The minimum absolute atomic E-state index is 0.191. The highest BCUT2D eigenvalue weighted by Gasteiger charge is 2.04. The third kappa shape index (κ3) is 5.47. The molecule has 0 aliphatic heterocycles. The van der Waals surface area contributed by atoms with Crippen LogP contribution in [0.15, 0.2) is 77.9 Å².